The minimum Gasteiger partial charge on any atom is -0.489 e. The van der Waals surface area contributed by atoms with Crippen LogP contribution in [0, 0.1) is 0 Å². The molecule has 3 N–H and O–H groups in total. The Labute approximate surface area is 136 Å². The predicted molar refractivity (Wildman–Crippen MR) is 92.8 cm³/mol. The largest absolute Gasteiger partial charge is 0.489 e. The van der Waals surface area contributed by atoms with Crippen LogP contribution in [0.15, 0.2) is 30.6 Å². The van der Waals surface area contributed by atoms with Crippen LogP contribution >= 0.6 is 0 Å². The Morgan fingerprint density at radius 1 is 1.22 bits per heavy atom. The number of nitrogens with zero attached hydrogens (tertiary/aromatic N) is 4. The first-order chi connectivity index (χ1) is 11.1. The lowest BCUT2D eigenvalue weighted by atomic mass is 10.2. The Hall–Kier alpha value is -2.57. The topological polar surface area (TPSA) is 89.2 Å². The van der Waals surface area contributed by atoms with Crippen LogP contribution in [0.3, 0.4) is 0 Å². The Balaban J connectivity index is 1.97. The van der Waals surface area contributed by atoms with Gasteiger partial charge in [-0.3, -0.25) is 0 Å². The minimum absolute atomic E-state index is 0.0292. The molecule has 0 aliphatic heterocycles. The van der Waals surface area contributed by atoms with E-state index in [2.05, 4.69) is 45.1 Å². The van der Waals surface area contributed by atoms with Gasteiger partial charge < -0.3 is 20.7 Å². The van der Waals surface area contributed by atoms with Crippen molar-refractivity contribution in [3.05, 3.63) is 30.6 Å². The zero-order chi connectivity index (χ0) is 16.7. The monoisotopic (exact) mass is 316 g/mol. The van der Waals surface area contributed by atoms with Gasteiger partial charge in [0.05, 0.1) is 11.7 Å². The summed E-state index contributed by atoms with van der Waals surface area (Å²) in [4.78, 5) is 14.1. The van der Waals surface area contributed by atoms with E-state index >= 15 is 0 Å². The summed E-state index contributed by atoms with van der Waals surface area (Å²) in [5, 5.41) is 3.15. The standard InChI is InChI=1S/C16H24N6O/c1-4-22(5-2)13-8-6-7-9-14(13)23-10-12(3)20-16-19-11-18-15(17)21-16/h6-9,11-12H,4-5,10H2,1-3H3,(H3,17,18,19,20,21). The zero-order valence-electron chi connectivity index (χ0n) is 13.9. The number of rotatable bonds is 8. The highest BCUT2D eigenvalue weighted by atomic mass is 16.5. The van der Waals surface area contributed by atoms with Crippen LogP contribution in [0.4, 0.5) is 17.6 Å². The molecule has 0 aliphatic carbocycles. The number of benzene rings is 1. The van der Waals surface area contributed by atoms with Crippen LogP contribution < -0.4 is 20.7 Å². The van der Waals surface area contributed by atoms with E-state index in [1.165, 1.54) is 6.33 Å². The van der Waals surface area contributed by atoms with Gasteiger partial charge in [0.15, 0.2) is 0 Å². The number of ether oxygens (including phenoxy) is 1. The number of nitrogen functional groups attached to an aromatic ring is 1. The van der Waals surface area contributed by atoms with Crippen molar-refractivity contribution in [2.24, 2.45) is 0 Å². The molecule has 1 aromatic heterocycles. The number of anilines is 3. The summed E-state index contributed by atoms with van der Waals surface area (Å²) in [6.45, 7) is 8.64. The summed E-state index contributed by atoms with van der Waals surface area (Å²) < 4.78 is 5.98. The number of aromatic nitrogens is 3. The van der Waals surface area contributed by atoms with Gasteiger partial charge in [-0.15, -0.1) is 0 Å². The fourth-order valence-corrected chi connectivity index (χ4v) is 2.26. The van der Waals surface area contributed by atoms with Crippen LogP contribution in [0.5, 0.6) is 5.75 Å². The van der Waals surface area contributed by atoms with Gasteiger partial charge in [0.25, 0.3) is 0 Å². The second-order valence-electron chi connectivity index (χ2n) is 5.16. The van der Waals surface area contributed by atoms with E-state index in [9.17, 15) is 0 Å². The van der Waals surface area contributed by atoms with Crippen LogP contribution in [-0.2, 0) is 0 Å². The molecule has 0 radical (unpaired) electrons. The minimum atomic E-state index is 0.0292. The maximum atomic E-state index is 5.98. The van der Waals surface area contributed by atoms with Crippen LogP contribution in [0.25, 0.3) is 0 Å². The van der Waals surface area contributed by atoms with Gasteiger partial charge in [0.2, 0.25) is 11.9 Å². The molecule has 1 aromatic carbocycles. The lowest BCUT2D eigenvalue weighted by Gasteiger charge is -2.24. The van der Waals surface area contributed by atoms with Gasteiger partial charge >= 0.3 is 0 Å². The van der Waals surface area contributed by atoms with Crippen molar-refractivity contribution >= 4 is 17.6 Å². The summed E-state index contributed by atoms with van der Waals surface area (Å²) >= 11 is 0. The van der Waals surface area contributed by atoms with Gasteiger partial charge in [-0.2, -0.15) is 4.98 Å². The third-order valence-electron chi connectivity index (χ3n) is 3.42. The van der Waals surface area contributed by atoms with Crippen molar-refractivity contribution in [3.63, 3.8) is 0 Å². The Bertz CT molecular complexity index is 617. The molecule has 124 valence electrons. The zero-order valence-corrected chi connectivity index (χ0v) is 13.9. The summed E-state index contributed by atoms with van der Waals surface area (Å²) in [5.41, 5.74) is 6.65. The van der Waals surface area contributed by atoms with E-state index in [1.54, 1.807) is 0 Å². The molecule has 2 aromatic rings. The van der Waals surface area contributed by atoms with Crippen LogP contribution in [0.2, 0.25) is 0 Å². The average molecular weight is 316 g/mol. The second-order valence-corrected chi connectivity index (χ2v) is 5.16. The van der Waals surface area contributed by atoms with Gasteiger partial charge in [0.1, 0.15) is 18.7 Å². The van der Waals surface area contributed by atoms with Gasteiger partial charge in [-0.05, 0) is 32.9 Å². The number of nitrogens with two attached hydrogens (primary N) is 1. The molecule has 0 saturated heterocycles. The molecule has 0 saturated carbocycles. The SMILES string of the molecule is CCN(CC)c1ccccc1OCC(C)Nc1ncnc(N)n1. The first kappa shape index (κ1) is 16.8. The molecule has 0 amide bonds. The summed E-state index contributed by atoms with van der Waals surface area (Å²) in [5.74, 6) is 1.52. The Morgan fingerprint density at radius 2 is 1.96 bits per heavy atom. The molecule has 0 aliphatic rings. The van der Waals surface area contributed by atoms with E-state index in [-0.39, 0.29) is 12.0 Å². The number of nitrogens with one attached hydrogen (secondary N) is 1. The first-order valence-corrected chi connectivity index (χ1v) is 7.81. The molecular weight excluding hydrogens is 292 g/mol. The molecule has 2 rings (SSSR count). The number of para-hydroxylation sites is 2. The van der Waals surface area contributed by atoms with Crippen molar-refractivity contribution in [3.8, 4) is 5.75 Å². The molecule has 1 atom stereocenters. The van der Waals surface area contributed by atoms with Crippen LogP contribution in [-0.4, -0.2) is 40.7 Å². The van der Waals surface area contributed by atoms with E-state index in [1.807, 2.05) is 25.1 Å². The third kappa shape index (κ3) is 4.70. The highest BCUT2D eigenvalue weighted by Crippen LogP contribution is 2.27. The third-order valence-corrected chi connectivity index (χ3v) is 3.42. The van der Waals surface area contributed by atoms with E-state index in [0.717, 1.165) is 24.5 Å². The highest BCUT2D eigenvalue weighted by Gasteiger charge is 2.11. The predicted octanol–water partition coefficient (Wildman–Crippen LogP) is 2.18. The van der Waals surface area contributed by atoms with Crippen molar-refractivity contribution in [2.75, 3.05) is 35.6 Å². The number of hydrogen-bond donors (Lipinski definition) is 2. The first-order valence-electron chi connectivity index (χ1n) is 7.81. The fourth-order valence-electron chi connectivity index (χ4n) is 2.26. The van der Waals surface area contributed by atoms with Gasteiger partial charge in [0, 0.05) is 13.1 Å². The van der Waals surface area contributed by atoms with E-state index in [4.69, 9.17) is 10.5 Å². The maximum Gasteiger partial charge on any atom is 0.227 e. The van der Waals surface area contributed by atoms with Crippen molar-refractivity contribution in [2.45, 2.75) is 26.8 Å². The number of hydrogen-bond acceptors (Lipinski definition) is 7. The Morgan fingerprint density at radius 3 is 2.65 bits per heavy atom. The molecule has 0 bridgehead atoms. The highest BCUT2D eigenvalue weighted by molar-refractivity contribution is 5.58. The maximum absolute atomic E-state index is 5.98. The second kappa shape index (κ2) is 8.17. The summed E-state index contributed by atoms with van der Waals surface area (Å²) in [6, 6.07) is 8.10. The molecule has 7 heteroatoms. The van der Waals surface area contributed by atoms with Crippen molar-refractivity contribution < 1.29 is 4.74 Å². The molecular formula is C16H24N6O. The quantitative estimate of drug-likeness (QED) is 0.771. The summed E-state index contributed by atoms with van der Waals surface area (Å²) in [7, 11) is 0. The lowest BCUT2D eigenvalue weighted by Crippen LogP contribution is -2.26. The van der Waals surface area contributed by atoms with E-state index < -0.39 is 0 Å². The molecule has 7 nitrogen and oxygen atoms in total. The smallest absolute Gasteiger partial charge is 0.227 e. The lowest BCUT2D eigenvalue weighted by molar-refractivity contribution is 0.304. The molecule has 23 heavy (non-hydrogen) atoms. The molecule has 0 fully saturated rings. The van der Waals surface area contributed by atoms with Crippen molar-refractivity contribution in [1.82, 2.24) is 15.0 Å². The van der Waals surface area contributed by atoms with Gasteiger partial charge in [-0.1, -0.05) is 12.1 Å². The molecule has 1 unspecified atom stereocenters. The Kier molecular flexibility index (Phi) is 5.96. The van der Waals surface area contributed by atoms with Crippen LogP contribution in [0.1, 0.15) is 20.8 Å². The van der Waals surface area contributed by atoms with E-state index in [0.29, 0.717) is 12.6 Å². The summed E-state index contributed by atoms with van der Waals surface area (Å²) in [6.07, 6.45) is 1.38. The average Bonchev–Trinajstić information content (AvgIpc) is 2.55. The molecule has 0 spiro atoms. The molecule has 1 heterocycles. The fraction of sp³-hybridized carbons (Fsp3) is 0.438. The van der Waals surface area contributed by atoms with Crippen molar-refractivity contribution in [1.29, 1.82) is 0 Å². The van der Waals surface area contributed by atoms with Gasteiger partial charge in [-0.25, -0.2) is 9.97 Å². The normalized spacial score (nSPS) is 11.8.